The molecule has 0 bridgehead atoms. The predicted molar refractivity (Wildman–Crippen MR) is 84.9 cm³/mol. The molecule has 1 heterocycles. The van der Waals surface area contributed by atoms with Crippen molar-refractivity contribution < 1.29 is 9.90 Å². The minimum Gasteiger partial charge on any atom is -0.481 e. The van der Waals surface area contributed by atoms with Gasteiger partial charge in [-0.3, -0.25) is 9.36 Å². The summed E-state index contributed by atoms with van der Waals surface area (Å²) in [6.07, 6.45) is 0. The predicted octanol–water partition coefficient (Wildman–Crippen LogP) is 3.34. The first kappa shape index (κ1) is 13.7. The highest BCUT2D eigenvalue weighted by atomic mass is 32.2. The lowest BCUT2D eigenvalue weighted by atomic mass is 10.3. The van der Waals surface area contributed by atoms with Crippen molar-refractivity contribution >= 4 is 28.8 Å². The molecule has 0 saturated carbocycles. The third-order valence-corrected chi connectivity index (χ3v) is 4.01. The van der Waals surface area contributed by atoms with Crippen LogP contribution in [0.2, 0.25) is 0 Å². The molecule has 0 aliphatic carbocycles. The molecule has 3 aromatic rings. The maximum Gasteiger partial charge on any atom is 0.313 e. The number of thioether (sulfide) groups is 1. The van der Waals surface area contributed by atoms with Crippen LogP contribution in [0, 0.1) is 0 Å². The van der Waals surface area contributed by atoms with Crippen molar-refractivity contribution in [2.24, 2.45) is 0 Å². The highest BCUT2D eigenvalue weighted by molar-refractivity contribution is 7.99. The summed E-state index contributed by atoms with van der Waals surface area (Å²) in [5, 5.41) is 8.77. The zero-order valence-corrected chi connectivity index (χ0v) is 12.1. The fourth-order valence-corrected chi connectivity index (χ4v) is 2.92. The van der Waals surface area contributed by atoms with Gasteiger partial charge in [0.2, 0.25) is 0 Å². The van der Waals surface area contributed by atoms with Crippen molar-refractivity contribution in [2.45, 2.75) is 5.75 Å². The van der Waals surface area contributed by atoms with Crippen molar-refractivity contribution in [3.8, 4) is 5.69 Å². The van der Waals surface area contributed by atoms with E-state index in [4.69, 9.17) is 5.11 Å². The summed E-state index contributed by atoms with van der Waals surface area (Å²) in [6, 6.07) is 17.9. The first-order valence-electron chi connectivity index (χ1n) is 6.57. The van der Waals surface area contributed by atoms with E-state index >= 15 is 0 Å². The summed E-state index contributed by atoms with van der Waals surface area (Å²) in [4.78, 5) is 15.3. The van der Waals surface area contributed by atoms with Gasteiger partial charge in [0.05, 0.1) is 22.5 Å². The molecule has 0 aliphatic heterocycles. The second-order valence-electron chi connectivity index (χ2n) is 4.57. The highest BCUT2D eigenvalue weighted by Crippen LogP contribution is 2.24. The van der Waals surface area contributed by atoms with Crippen LogP contribution in [0.1, 0.15) is 5.82 Å². The molecule has 21 heavy (non-hydrogen) atoms. The molecule has 106 valence electrons. The van der Waals surface area contributed by atoms with Gasteiger partial charge in [0.1, 0.15) is 5.82 Å². The third kappa shape index (κ3) is 2.92. The summed E-state index contributed by atoms with van der Waals surface area (Å²) in [7, 11) is 0. The summed E-state index contributed by atoms with van der Waals surface area (Å²) in [5.74, 6) is 0.712. The average Bonchev–Trinajstić information content (AvgIpc) is 2.86. The Morgan fingerprint density at radius 1 is 1.10 bits per heavy atom. The zero-order chi connectivity index (χ0) is 14.7. The molecule has 0 spiro atoms. The topological polar surface area (TPSA) is 55.1 Å². The maximum absolute atomic E-state index is 10.7. The van der Waals surface area contributed by atoms with Crippen molar-refractivity contribution in [1.29, 1.82) is 0 Å². The Labute approximate surface area is 126 Å². The molecule has 3 rings (SSSR count). The van der Waals surface area contributed by atoms with Crippen LogP contribution in [-0.2, 0) is 10.5 Å². The molecule has 0 unspecified atom stereocenters. The van der Waals surface area contributed by atoms with E-state index in [0.29, 0.717) is 5.75 Å². The molecule has 1 N–H and O–H groups in total. The van der Waals surface area contributed by atoms with Gasteiger partial charge in [-0.25, -0.2) is 4.98 Å². The number of carbonyl (C=O) groups is 1. The van der Waals surface area contributed by atoms with Crippen molar-refractivity contribution in [2.75, 3.05) is 5.75 Å². The number of benzene rings is 2. The number of rotatable bonds is 5. The molecule has 0 aliphatic rings. The van der Waals surface area contributed by atoms with E-state index in [1.54, 1.807) is 0 Å². The number of carboxylic acids is 1. The minimum absolute atomic E-state index is 0.0813. The van der Waals surface area contributed by atoms with E-state index in [2.05, 4.69) is 9.55 Å². The molecule has 1 aromatic heterocycles. The van der Waals surface area contributed by atoms with Crippen LogP contribution in [0.15, 0.2) is 54.6 Å². The zero-order valence-electron chi connectivity index (χ0n) is 11.3. The van der Waals surface area contributed by atoms with E-state index < -0.39 is 5.97 Å². The van der Waals surface area contributed by atoms with E-state index in [9.17, 15) is 4.79 Å². The van der Waals surface area contributed by atoms with Crippen LogP contribution in [0.5, 0.6) is 0 Å². The molecular weight excluding hydrogens is 284 g/mol. The minimum atomic E-state index is -0.803. The smallest absolute Gasteiger partial charge is 0.313 e. The van der Waals surface area contributed by atoms with Crippen LogP contribution in [0.4, 0.5) is 0 Å². The number of nitrogens with zero attached hydrogens (tertiary/aromatic N) is 2. The van der Waals surface area contributed by atoms with Gasteiger partial charge in [-0.1, -0.05) is 30.3 Å². The average molecular weight is 298 g/mol. The molecule has 5 heteroatoms. The van der Waals surface area contributed by atoms with Gasteiger partial charge in [-0.2, -0.15) is 0 Å². The van der Waals surface area contributed by atoms with E-state index in [-0.39, 0.29) is 5.75 Å². The lowest BCUT2D eigenvalue weighted by Crippen LogP contribution is -2.03. The van der Waals surface area contributed by atoms with Crippen LogP contribution in [0.25, 0.3) is 16.7 Å². The van der Waals surface area contributed by atoms with E-state index in [1.807, 2.05) is 54.6 Å². The number of aliphatic carboxylic acids is 1. The molecule has 4 nitrogen and oxygen atoms in total. The van der Waals surface area contributed by atoms with Crippen LogP contribution in [0.3, 0.4) is 0 Å². The van der Waals surface area contributed by atoms with Crippen molar-refractivity contribution in [1.82, 2.24) is 9.55 Å². The Morgan fingerprint density at radius 2 is 1.81 bits per heavy atom. The number of fused-ring (bicyclic) bond motifs is 1. The summed E-state index contributed by atoms with van der Waals surface area (Å²) in [6.45, 7) is 0. The van der Waals surface area contributed by atoms with Crippen LogP contribution >= 0.6 is 11.8 Å². The molecule has 0 atom stereocenters. The summed E-state index contributed by atoms with van der Waals surface area (Å²) < 4.78 is 2.09. The molecule has 0 saturated heterocycles. The molecule has 0 amide bonds. The number of aromatic nitrogens is 2. The number of hydrogen-bond donors (Lipinski definition) is 1. The lowest BCUT2D eigenvalue weighted by Gasteiger charge is -2.08. The van der Waals surface area contributed by atoms with Gasteiger partial charge in [0.25, 0.3) is 0 Å². The number of carboxylic acid groups (broad SMARTS) is 1. The van der Waals surface area contributed by atoms with E-state index in [1.165, 1.54) is 11.8 Å². The van der Waals surface area contributed by atoms with Gasteiger partial charge < -0.3 is 5.11 Å². The van der Waals surface area contributed by atoms with Gasteiger partial charge >= 0.3 is 5.97 Å². The molecule has 0 radical (unpaired) electrons. The standard InChI is InChI=1S/C16H14N2O2S/c19-16(20)11-21-10-15-17-13-8-4-5-9-14(13)18(15)12-6-2-1-3-7-12/h1-9H,10-11H2,(H,19,20). The Bertz CT molecular complexity index is 768. The first-order chi connectivity index (χ1) is 10.3. The fraction of sp³-hybridized carbons (Fsp3) is 0.125. The molecular formula is C16H14N2O2S. The molecule has 0 fully saturated rings. The number of para-hydroxylation sites is 3. The number of hydrogen-bond acceptors (Lipinski definition) is 3. The normalized spacial score (nSPS) is 10.9. The van der Waals surface area contributed by atoms with Crippen LogP contribution < -0.4 is 0 Å². The van der Waals surface area contributed by atoms with Gasteiger partial charge in [0, 0.05) is 5.69 Å². The fourth-order valence-electron chi connectivity index (χ4n) is 2.27. The van der Waals surface area contributed by atoms with E-state index in [0.717, 1.165) is 22.5 Å². The summed E-state index contributed by atoms with van der Waals surface area (Å²) >= 11 is 1.36. The van der Waals surface area contributed by atoms with Crippen molar-refractivity contribution in [3.05, 3.63) is 60.4 Å². The Morgan fingerprint density at radius 3 is 2.57 bits per heavy atom. The Balaban J connectivity index is 2.04. The van der Waals surface area contributed by atoms with Gasteiger partial charge in [-0.15, -0.1) is 11.8 Å². The molecule has 2 aromatic carbocycles. The maximum atomic E-state index is 10.7. The Kier molecular flexibility index (Phi) is 3.92. The van der Waals surface area contributed by atoms with Gasteiger partial charge in [-0.05, 0) is 24.3 Å². The first-order valence-corrected chi connectivity index (χ1v) is 7.72. The second-order valence-corrected chi connectivity index (χ2v) is 5.56. The quantitative estimate of drug-likeness (QED) is 0.785. The van der Waals surface area contributed by atoms with Crippen molar-refractivity contribution in [3.63, 3.8) is 0 Å². The van der Waals surface area contributed by atoms with Crippen LogP contribution in [-0.4, -0.2) is 26.4 Å². The largest absolute Gasteiger partial charge is 0.481 e. The second kappa shape index (κ2) is 6.01. The summed E-state index contributed by atoms with van der Waals surface area (Å²) in [5.41, 5.74) is 3.00. The highest BCUT2D eigenvalue weighted by Gasteiger charge is 2.12. The Hall–Kier alpha value is -2.27. The van der Waals surface area contributed by atoms with Gasteiger partial charge in [0.15, 0.2) is 0 Å². The number of imidazole rings is 1. The lowest BCUT2D eigenvalue weighted by molar-refractivity contribution is -0.133. The third-order valence-electron chi connectivity index (χ3n) is 3.10. The SMILES string of the molecule is O=C(O)CSCc1nc2ccccc2n1-c1ccccc1. The monoisotopic (exact) mass is 298 g/mol.